The average Bonchev–Trinajstić information content (AvgIpc) is 3.40. The van der Waals surface area contributed by atoms with Crippen molar-refractivity contribution in [1.29, 1.82) is 0 Å². The van der Waals surface area contributed by atoms with E-state index in [9.17, 15) is 12.8 Å². The van der Waals surface area contributed by atoms with E-state index in [0.717, 1.165) is 61.7 Å². The number of benzene rings is 3. The number of hydrogen-bond donors (Lipinski definition) is 2. The Kier molecular flexibility index (Phi) is 9.14. The molecule has 0 aliphatic carbocycles. The molecule has 5 rings (SSSR count). The number of unbranched alkanes of at least 4 members (excludes halogenated alkanes) is 1. The van der Waals surface area contributed by atoms with Gasteiger partial charge in [0.25, 0.3) is 10.0 Å². The maximum atomic E-state index is 13.2. The molecule has 0 saturated heterocycles. The van der Waals surface area contributed by atoms with E-state index in [0.29, 0.717) is 11.5 Å². The first-order valence-electron chi connectivity index (χ1n) is 14.1. The van der Waals surface area contributed by atoms with Crippen molar-refractivity contribution < 1.29 is 12.8 Å². The topological polar surface area (TPSA) is 92.2 Å². The molecule has 8 nitrogen and oxygen atoms in total. The molecule has 0 amide bonds. The third-order valence-corrected chi connectivity index (χ3v) is 8.68. The normalized spacial score (nSPS) is 11.7. The van der Waals surface area contributed by atoms with E-state index in [1.165, 1.54) is 35.8 Å². The molecule has 0 aliphatic heterocycles. The van der Waals surface area contributed by atoms with Gasteiger partial charge in [-0.1, -0.05) is 19.9 Å². The van der Waals surface area contributed by atoms with Gasteiger partial charge in [-0.05, 0) is 99.2 Å². The smallest absolute Gasteiger partial charge is 0.261 e. The van der Waals surface area contributed by atoms with Gasteiger partial charge in [-0.25, -0.2) is 22.8 Å². The number of fused-ring (bicyclic) bond motifs is 1. The summed E-state index contributed by atoms with van der Waals surface area (Å²) in [5, 5.41) is 4.42. The summed E-state index contributed by atoms with van der Waals surface area (Å²) in [7, 11) is -3.82. The van der Waals surface area contributed by atoms with Gasteiger partial charge in [-0.15, -0.1) is 0 Å². The molecule has 2 N–H and O–H groups in total. The Balaban J connectivity index is 1.22. The molecule has 2 heterocycles. The molecule has 0 aliphatic rings. The SMILES string of the molecule is CCN(CC)CCCCn1ccc2cc(-c3cc(Nc4ccc(NS(=O)(=O)c5ccc(F)cc5)cc4)ncn3)ccc21. The Bertz CT molecular complexity index is 1730. The number of hydrogen-bond acceptors (Lipinski definition) is 6. The number of anilines is 3. The van der Waals surface area contributed by atoms with E-state index in [2.05, 4.69) is 73.8 Å². The number of nitrogens with zero attached hydrogens (tertiary/aromatic N) is 4. The fourth-order valence-electron chi connectivity index (χ4n) is 4.89. The molecule has 0 spiro atoms. The third-order valence-electron chi connectivity index (χ3n) is 7.29. The highest BCUT2D eigenvalue weighted by molar-refractivity contribution is 7.92. The predicted molar refractivity (Wildman–Crippen MR) is 167 cm³/mol. The Morgan fingerprint density at radius 3 is 2.33 bits per heavy atom. The van der Waals surface area contributed by atoms with Crippen LogP contribution >= 0.6 is 0 Å². The van der Waals surface area contributed by atoms with E-state index in [-0.39, 0.29) is 4.90 Å². The lowest BCUT2D eigenvalue weighted by Gasteiger charge is -2.17. The average molecular weight is 587 g/mol. The van der Waals surface area contributed by atoms with Crippen LogP contribution in [0, 0.1) is 5.82 Å². The van der Waals surface area contributed by atoms with Crippen LogP contribution in [0.5, 0.6) is 0 Å². The maximum Gasteiger partial charge on any atom is 0.261 e. The lowest BCUT2D eigenvalue weighted by molar-refractivity contribution is 0.294. The van der Waals surface area contributed by atoms with Crippen LogP contribution in [0.3, 0.4) is 0 Å². The van der Waals surface area contributed by atoms with Gasteiger partial charge < -0.3 is 14.8 Å². The monoisotopic (exact) mass is 586 g/mol. The van der Waals surface area contributed by atoms with Gasteiger partial charge in [0.2, 0.25) is 0 Å². The highest BCUT2D eigenvalue weighted by atomic mass is 32.2. The van der Waals surface area contributed by atoms with Crippen LogP contribution in [0.4, 0.5) is 21.6 Å². The van der Waals surface area contributed by atoms with Crippen molar-refractivity contribution >= 4 is 38.1 Å². The van der Waals surface area contributed by atoms with E-state index in [4.69, 9.17) is 0 Å². The quantitative estimate of drug-likeness (QED) is 0.146. The van der Waals surface area contributed by atoms with E-state index >= 15 is 0 Å². The molecule has 10 heteroatoms. The number of aromatic nitrogens is 3. The summed E-state index contributed by atoms with van der Waals surface area (Å²) < 4.78 is 43.1. The van der Waals surface area contributed by atoms with Crippen molar-refractivity contribution in [1.82, 2.24) is 19.4 Å². The van der Waals surface area contributed by atoms with Gasteiger partial charge in [0.1, 0.15) is 18.0 Å². The first-order valence-corrected chi connectivity index (χ1v) is 15.6. The zero-order chi connectivity index (χ0) is 29.5. The molecule has 0 fully saturated rings. The van der Waals surface area contributed by atoms with Crippen LogP contribution in [-0.2, 0) is 16.6 Å². The number of sulfonamides is 1. The summed E-state index contributed by atoms with van der Waals surface area (Å²) >= 11 is 0. The number of aryl methyl sites for hydroxylation is 1. The van der Waals surface area contributed by atoms with Crippen LogP contribution in [0.2, 0.25) is 0 Å². The van der Waals surface area contributed by atoms with Crippen molar-refractivity contribution in [3.05, 3.63) is 97.2 Å². The van der Waals surface area contributed by atoms with Crippen molar-refractivity contribution in [3.63, 3.8) is 0 Å². The summed E-state index contributed by atoms with van der Waals surface area (Å²) in [6.07, 6.45) is 6.00. The summed E-state index contributed by atoms with van der Waals surface area (Å²) in [6.45, 7) is 8.76. The molecule has 218 valence electrons. The molecule has 42 heavy (non-hydrogen) atoms. The van der Waals surface area contributed by atoms with E-state index in [1.54, 1.807) is 24.3 Å². The molecule has 2 aromatic heterocycles. The Morgan fingerprint density at radius 2 is 1.60 bits per heavy atom. The van der Waals surface area contributed by atoms with E-state index < -0.39 is 15.8 Å². The van der Waals surface area contributed by atoms with Crippen molar-refractivity contribution in [2.75, 3.05) is 29.7 Å². The second-order valence-electron chi connectivity index (χ2n) is 10.1. The lowest BCUT2D eigenvalue weighted by Crippen LogP contribution is -2.24. The number of rotatable bonds is 13. The van der Waals surface area contributed by atoms with Gasteiger partial charge in [0.05, 0.1) is 10.6 Å². The maximum absolute atomic E-state index is 13.2. The highest BCUT2D eigenvalue weighted by Gasteiger charge is 2.14. The van der Waals surface area contributed by atoms with Gasteiger partial charge in [-0.3, -0.25) is 4.72 Å². The minimum Gasteiger partial charge on any atom is -0.347 e. The van der Waals surface area contributed by atoms with Crippen LogP contribution < -0.4 is 10.0 Å². The minimum atomic E-state index is -3.82. The fraction of sp³-hybridized carbons (Fsp3) is 0.250. The zero-order valence-electron chi connectivity index (χ0n) is 23.8. The van der Waals surface area contributed by atoms with Crippen LogP contribution in [-0.4, -0.2) is 47.5 Å². The second-order valence-corrected chi connectivity index (χ2v) is 11.7. The van der Waals surface area contributed by atoms with Crippen LogP contribution in [0.25, 0.3) is 22.2 Å². The predicted octanol–water partition coefficient (Wildman–Crippen LogP) is 6.90. The number of nitrogens with one attached hydrogen (secondary N) is 2. The molecule has 5 aromatic rings. The molecule has 0 unspecified atom stereocenters. The van der Waals surface area contributed by atoms with Gasteiger partial charge in [0, 0.05) is 46.6 Å². The Labute approximate surface area is 246 Å². The fourth-order valence-corrected chi connectivity index (χ4v) is 5.95. The summed E-state index contributed by atoms with van der Waals surface area (Å²) in [4.78, 5) is 11.3. The van der Waals surface area contributed by atoms with Gasteiger partial charge in [-0.2, -0.15) is 0 Å². The molecular formula is C32H35FN6O2S. The Morgan fingerprint density at radius 1 is 0.857 bits per heavy atom. The largest absolute Gasteiger partial charge is 0.347 e. The molecule has 0 saturated carbocycles. The van der Waals surface area contributed by atoms with Crippen molar-refractivity contribution in [3.8, 4) is 11.3 Å². The summed E-state index contributed by atoms with van der Waals surface area (Å²) in [5.74, 6) is 0.120. The lowest BCUT2D eigenvalue weighted by atomic mass is 10.1. The number of halogens is 1. The zero-order valence-corrected chi connectivity index (χ0v) is 24.6. The molecule has 3 aromatic carbocycles. The van der Waals surface area contributed by atoms with Gasteiger partial charge >= 0.3 is 0 Å². The highest BCUT2D eigenvalue weighted by Crippen LogP contribution is 2.27. The first kappa shape index (κ1) is 29.2. The molecule has 0 atom stereocenters. The summed E-state index contributed by atoms with van der Waals surface area (Å²) in [6, 6.07) is 21.9. The molecule has 0 radical (unpaired) electrons. The third kappa shape index (κ3) is 7.13. The van der Waals surface area contributed by atoms with Crippen LogP contribution in [0.1, 0.15) is 26.7 Å². The van der Waals surface area contributed by atoms with Crippen LogP contribution in [0.15, 0.2) is 96.3 Å². The van der Waals surface area contributed by atoms with E-state index in [1.807, 2.05) is 6.07 Å². The Hall–Kier alpha value is -4.28. The second kappa shape index (κ2) is 13.1. The minimum absolute atomic E-state index is 0.0137. The summed E-state index contributed by atoms with van der Waals surface area (Å²) in [5.41, 5.74) is 4.13. The van der Waals surface area contributed by atoms with Crippen molar-refractivity contribution in [2.24, 2.45) is 0 Å². The van der Waals surface area contributed by atoms with Gasteiger partial charge in [0.15, 0.2) is 0 Å². The molecular weight excluding hydrogens is 551 g/mol. The first-order chi connectivity index (χ1) is 20.3. The standard InChI is InChI=1S/C32H35FN6O2S/c1-3-38(4-2)18-5-6-19-39-20-17-25-21-24(7-16-31(25)39)30-22-32(35-23-34-30)36-27-10-12-28(13-11-27)37-42(40,41)29-14-8-26(33)9-15-29/h7-17,20-23,37H,3-6,18-19H2,1-2H3,(H,34,35,36). The molecule has 0 bridgehead atoms. The van der Waals surface area contributed by atoms with Crippen molar-refractivity contribution in [2.45, 2.75) is 38.1 Å².